The van der Waals surface area contributed by atoms with Gasteiger partial charge in [0, 0.05) is 5.41 Å². The van der Waals surface area contributed by atoms with E-state index in [0.29, 0.717) is 28.1 Å². The maximum Gasteiger partial charge on any atom is 0.192 e. The zero-order valence-corrected chi connectivity index (χ0v) is 29.8. The third-order valence-electron chi connectivity index (χ3n) is 16.7. The van der Waals surface area contributed by atoms with E-state index >= 15 is 0 Å². The maximum atomic E-state index is 11.3. The zero-order chi connectivity index (χ0) is 30.0. The summed E-state index contributed by atoms with van der Waals surface area (Å²) in [4.78, 5) is 0. The summed E-state index contributed by atoms with van der Waals surface area (Å²) in [6, 6.07) is 3.59. The Labute approximate surface area is 254 Å². The van der Waals surface area contributed by atoms with Crippen LogP contribution in [0, 0.1) is 62.6 Å². The van der Waals surface area contributed by atoms with E-state index < -0.39 is 14.4 Å². The molecule has 6 fully saturated rings. The van der Waals surface area contributed by atoms with Gasteiger partial charge in [-0.15, -0.1) is 0 Å². The van der Waals surface area contributed by atoms with Crippen LogP contribution in [-0.4, -0.2) is 37.8 Å². The van der Waals surface area contributed by atoms with Crippen LogP contribution in [0.3, 0.4) is 0 Å². The van der Waals surface area contributed by atoms with E-state index in [1.54, 1.807) is 0 Å². The summed E-state index contributed by atoms with van der Waals surface area (Å²) < 4.78 is 15.1. The molecule has 41 heavy (non-hydrogen) atoms. The highest BCUT2D eigenvalue weighted by molar-refractivity contribution is 6.73. The second-order valence-electron chi connectivity index (χ2n) is 18.0. The predicted octanol–water partition coefficient (Wildman–Crippen LogP) is 9.48. The molecule has 0 aromatic rings. The van der Waals surface area contributed by atoms with Crippen LogP contribution in [0.1, 0.15) is 128 Å². The number of rotatable bonds is 7. The molecule has 1 saturated heterocycles. The molecule has 2 spiro atoms. The van der Waals surface area contributed by atoms with Gasteiger partial charge in [0.05, 0.1) is 24.4 Å². The molecular weight excluding hydrogens is 520 g/mol. The summed E-state index contributed by atoms with van der Waals surface area (Å²) in [6.45, 7) is 27.2. The molecule has 0 radical (unpaired) electrons. The van der Waals surface area contributed by atoms with Crippen molar-refractivity contribution in [3.05, 3.63) is 0 Å². The Bertz CT molecular complexity index is 998. The average molecular weight is 587 g/mol. The second-order valence-corrected chi connectivity index (χ2v) is 22.8. The molecule has 0 bridgehead atoms. The fourth-order valence-corrected chi connectivity index (χ4v) is 16.5. The quantitative estimate of drug-likeness (QED) is 0.302. The molecule has 3 nitrogen and oxygen atoms in total. The molecule has 1 N–H and O–H groups in total. The van der Waals surface area contributed by atoms with Crippen molar-refractivity contribution < 1.29 is 14.3 Å². The molecule has 13 atom stereocenters. The lowest BCUT2D eigenvalue weighted by atomic mass is 9.41. The number of fused-ring (bicyclic) bond motifs is 4. The Kier molecular flexibility index (Phi) is 7.43. The molecule has 5 aliphatic carbocycles. The lowest BCUT2D eigenvalue weighted by molar-refractivity contribution is -0.177. The van der Waals surface area contributed by atoms with Crippen LogP contribution < -0.4 is 0 Å². The largest absolute Gasteiger partial charge is 0.411 e. The van der Waals surface area contributed by atoms with Gasteiger partial charge in [-0.2, -0.15) is 0 Å². The molecule has 0 amide bonds. The lowest BCUT2D eigenvalue weighted by Gasteiger charge is -2.64. The number of ether oxygens (including phenoxy) is 1. The van der Waals surface area contributed by atoms with Crippen LogP contribution in [-0.2, 0) is 9.16 Å². The summed E-state index contributed by atoms with van der Waals surface area (Å²) in [5.41, 5.74) is 1.92. The van der Waals surface area contributed by atoms with Crippen LogP contribution in [0.4, 0.5) is 0 Å². The molecule has 6 rings (SSSR count). The molecule has 0 aromatic heterocycles. The van der Waals surface area contributed by atoms with E-state index in [0.717, 1.165) is 24.2 Å². The minimum Gasteiger partial charge on any atom is -0.411 e. The van der Waals surface area contributed by atoms with Crippen LogP contribution in [0.15, 0.2) is 0 Å². The highest BCUT2D eigenvalue weighted by Crippen LogP contribution is 2.89. The van der Waals surface area contributed by atoms with Crippen LogP contribution in [0.25, 0.3) is 0 Å². The lowest BCUT2D eigenvalue weighted by Crippen LogP contribution is -2.60. The Morgan fingerprint density at radius 3 is 2.10 bits per heavy atom. The van der Waals surface area contributed by atoms with Crippen molar-refractivity contribution in [3.63, 3.8) is 0 Å². The summed E-state index contributed by atoms with van der Waals surface area (Å²) in [6.07, 6.45) is 10.8. The van der Waals surface area contributed by atoms with Gasteiger partial charge in [0.1, 0.15) is 0 Å². The minimum atomic E-state index is -1.89. The first-order valence-electron chi connectivity index (χ1n) is 18.2. The SMILES string of the molecule is CC[Si](CC)(CC)O[C@H]1[C@H]2O[C@@H]([C@H](O)C(C)C)C[C@@H](C)[C@@H]2[C@@]2(C)CC[C@@]34CC35CC[C@H](C)C(C)(C)[C@@H]5CC[C@H]4[C@]12C. The van der Waals surface area contributed by atoms with E-state index in [9.17, 15) is 5.11 Å². The topological polar surface area (TPSA) is 38.7 Å². The molecule has 1 unspecified atom stereocenters. The Morgan fingerprint density at radius 1 is 0.878 bits per heavy atom. The molecule has 236 valence electrons. The molecule has 0 aromatic carbocycles. The van der Waals surface area contributed by atoms with Gasteiger partial charge in [0.2, 0.25) is 0 Å². The highest BCUT2D eigenvalue weighted by Gasteiger charge is 2.84. The normalized spacial score (nSPS) is 52.6. The highest BCUT2D eigenvalue weighted by atomic mass is 28.4. The van der Waals surface area contributed by atoms with Gasteiger partial charge in [0.25, 0.3) is 0 Å². The van der Waals surface area contributed by atoms with Crippen LogP contribution in [0.5, 0.6) is 0 Å². The summed E-state index contributed by atoms with van der Waals surface area (Å²) in [5, 5.41) is 11.3. The molecule has 5 saturated carbocycles. The third-order valence-corrected chi connectivity index (χ3v) is 21.3. The van der Waals surface area contributed by atoms with E-state index in [1.807, 2.05) is 0 Å². The fraction of sp³-hybridized carbons (Fsp3) is 1.00. The first-order chi connectivity index (χ1) is 19.1. The smallest absolute Gasteiger partial charge is 0.192 e. The van der Waals surface area contributed by atoms with Crippen molar-refractivity contribution in [2.24, 2.45) is 62.6 Å². The number of aliphatic hydroxyl groups is 1. The molecule has 4 heteroatoms. The maximum absolute atomic E-state index is 11.3. The van der Waals surface area contributed by atoms with E-state index in [4.69, 9.17) is 9.16 Å². The average Bonchev–Trinajstić information content (AvgIpc) is 3.56. The van der Waals surface area contributed by atoms with Crippen LogP contribution in [0.2, 0.25) is 18.1 Å². The monoisotopic (exact) mass is 586 g/mol. The van der Waals surface area contributed by atoms with Gasteiger partial charge < -0.3 is 14.3 Å². The second kappa shape index (κ2) is 9.80. The van der Waals surface area contributed by atoms with Crippen molar-refractivity contribution in [1.29, 1.82) is 0 Å². The van der Waals surface area contributed by atoms with Gasteiger partial charge in [0.15, 0.2) is 8.32 Å². The summed E-state index contributed by atoms with van der Waals surface area (Å²) >= 11 is 0. The minimum absolute atomic E-state index is 0.0664. The van der Waals surface area contributed by atoms with Crippen molar-refractivity contribution >= 4 is 8.32 Å². The Morgan fingerprint density at radius 2 is 1.49 bits per heavy atom. The molecular formula is C37H66O3Si. The van der Waals surface area contributed by atoms with Gasteiger partial charge in [-0.3, -0.25) is 0 Å². The summed E-state index contributed by atoms with van der Waals surface area (Å²) in [7, 11) is -1.89. The Balaban J connectivity index is 1.45. The molecule has 1 aliphatic heterocycles. The van der Waals surface area contributed by atoms with E-state index in [-0.39, 0.29) is 35.1 Å². The van der Waals surface area contributed by atoms with Crippen molar-refractivity contribution in [1.82, 2.24) is 0 Å². The van der Waals surface area contributed by atoms with Gasteiger partial charge >= 0.3 is 0 Å². The number of aliphatic hydroxyl groups excluding tert-OH is 1. The first kappa shape index (κ1) is 31.1. The third kappa shape index (κ3) is 3.78. The van der Waals surface area contributed by atoms with Gasteiger partial charge in [-0.1, -0.05) is 76.2 Å². The van der Waals surface area contributed by atoms with Gasteiger partial charge in [-0.05, 0) is 127 Å². The van der Waals surface area contributed by atoms with Crippen LogP contribution >= 0.6 is 0 Å². The predicted molar refractivity (Wildman–Crippen MR) is 172 cm³/mol. The molecule has 6 aliphatic rings. The number of hydrogen-bond donors (Lipinski definition) is 1. The zero-order valence-electron chi connectivity index (χ0n) is 28.8. The number of hydrogen-bond acceptors (Lipinski definition) is 3. The van der Waals surface area contributed by atoms with Crippen molar-refractivity contribution in [2.75, 3.05) is 0 Å². The fourth-order valence-electron chi connectivity index (χ4n) is 13.6. The first-order valence-corrected chi connectivity index (χ1v) is 20.7. The molecule has 1 heterocycles. The van der Waals surface area contributed by atoms with Crippen molar-refractivity contribution in [3.8, 4) is 0 Å². The summed E-state index contributed by atoms with van der Waals surface area (Å²) in [5.74, 6) is 3.77. The van der Waals surface area contributed by atoms with Crippen molar-refractivity contribution in [2.45, 2.75) is 170 Å². The van der Waals surface area contributed by atoms with E-state index in [2.05, 4.69) is 76.2 Å². The van der Waals surface area contributed by atoms with Gasteiger partial charge in [-0.25, -0.2) is 0 Å². The standard InChI is InChI=1S/C37H66O3Si/c1-12-41(13-2,14-3)40-32-31-29(24(6)21-26(39-31)30(38)23(4)5)34(10)19-20-37-22-36(37)18-17-25(7)33(8,9)27(36)15-16-28(37)35(32,34)11/h23-32,38H,12-22H2,1-11H3/t24-,25+,26-,27+,28+,29+,30-,31+,32+,34-,35-,36?,37+/m1/s1. The Hall–Kier alpha value is 0.0969. The van der Waals surface area contributed by atoms with E-state index in [1.165, 1.54) is 63.1 Å².